The standard InChI is InChI=1S/C13H23N3/c14-11-13(15)7-9-16(10-8-13)12-5-3-1-2-4-6-12/h12H,1-10,15H2. The number of nitriles is 1. The number of rotatable bonds is 1. The zero-order valence-electron chi connectivity index (χ0n) is 10.1. The van der Waals surface area contributed by atoms with E-state index in [9.17, 15) is 0 Å². The lowest BCUT2D eigenvalue weighted by Crippen LogP contribution is -2.52. The van der Waals surface area contributed by atoms with E-state index in [1.54, 1.807) is 0 Å². The van der Waals surface area contributed by atoms with Gasteiger partial charge in [-0.1, -0.05) is 25.7 Å². The molecule has 3 nitrogen and oxygen atoms in total. The van der Waals surface area contributed by atoms with E-state index in [1.165, 1.54) is 38.5 Å². The van der Waals surface area contributed by atoms with E-state index in [-0.39, 0.29) is 0 Å². The van der Waals surface area contributed by atoms with Crippen LogP contribution >= 0.6 is 0 Å². The summed E-state index contributed by atoms with van der Waals surface area (Å²) in [7, 11) is 0. The first-order chi connectivity index (χ1) is 7.73. The maximum Gasteiger partial charge on any atom is 0.106 e. The van der Waals surface area contributed by atoms with Crippen molar-refractivity contribution in [1.29, 1.82) is 5.26 Å². The molecule has 0 unspecified atom stereocenters. The largest absolute Gasteiger partial charge is 0.313 e. The van der Waals surface area contributed by atoms with E-state index in [2.05, 4.69) is 11.0 Å². The molecule has 90 valence electrons. The van der Waals surface area contributed by atoms with Crippen molar-refractivity contribution in [3.8, 4) is 6.07 Å². The second kappa shape index (κ2) is 5.16. The van der Waals surface area contributed by atoms with Crippen molar-refractivity contribution < 1.29 is 0 Å². The lowest BCUT2D eigenvalue weighted by Gasteiger charge is -2.39. The number of hydrogen-bond acceptors (Lipinski definition) is 3. The Labute approximate surface area is 98.6 Å². The highest BCUT2D eigenvalue weighted by Gasteiger charge is 2.33. The maximum absolute atomic E-state index is 9.00. The molecule has 16 heavy (non-hydrogen) atoms. The van der Waals surface area contributed by atoms with E-state index >= 15 is 0 Å². The normalized spacial score (nSPS) is 28.2. The minimum Gasteiger partial charge on any atom is -0.313 e. The molecule has 0 radical (unpaired) electrons. The van der Waals surface area contributed by atoms with Crippen LogP contribution in [0.4, 0.5) is 0 Å². The first-order valence-corrected chi connectivity index (χ1v) is 6.68. The topological polar surface area (TPSA) is 53.1 Å². The van der Waals surface area contributed by atoms with Crippen LogP contribution in [0.3, 0.4) is 0 Å². The maximum atomic E-state index is 9.00. The number of hydrogen-bond donors (Lipinski definition) is 1. The molecule has 1 aliphatic carbocycles. The fourth-order valence-corrected chi connectivity index (χ4v) is 3.02. The summed E-state index contributed by atoms with van der Waals surface area (Å²) in [6.07, 6.45) is 9.97. The van der Waals surface area contributed by atoms with Crippen LogP contribution in [0, 0.1) is 11.3 Å². The Balaban J connectivity index is 1.86. The molecule has 1 heterocycles. The van der Waals surface area contributed by atoms with Crippen molar-refractivity contribution >= 4 is 0 Å². The first kappa shape index (κ1) is 11.9. The van der Waals surface area contributed by atoms with E-state index in [0.717, 1.165) is 32.0 Å². The van der Waals surface area contributed by atoms with Gasteiger partial charge in [0.2, 0.25) is 0 Å². The number of nitrogens with zero attached hydrogens (tertiary/aromatic N) is 2. The summed E-state index contributed by atoms with van der Waals surface area (Å²) in [6.45, 7) is 2.05. The Kier molecular flexibility index (Phi) is 3.83. The summed E-state index contributed by atoms with van der Waals surface area (Å²) < 4.78 is 0. The predicted molar refractivity (Wildman–Crippen MR) is 64.8 cm³/mol. The monoisotopic (exact) mass is 221 g/mol. The molecule has 0 atom stereocenters. The highest BCUT2D eigenvalue weighted by molar-refractivity contribution is 5.07. The number of piperidine rings is 1. The molecule has 0 bridgehead atoms. The summed E-state index contributed by atoms with van der Waals surface area (Å²) in [6, 6.07) is 3.04. The summed E-state index contributed by atoms with van der Waals surface area (Å²) >= 11 is 0. The molecule has 0 amide bonds. The van der Waals surface area contributed by atoms with Gasteiger partial charge in [-0.05, 0) is 25.7 Å². The second-order valence-electron chi connectivity index (χ2n) is 5.45. The summed E-state index contributed by atoms with van der Waals surface area (Å²) in [5, 5.41) is 9.00. The van der Waals surface area contributed by atoms with Crippen LogP contribution in [0.1, 0.15) is 51.4 Å². The molecule has 1 saturated carbocycles. The summed E-state index contributed by atoms with van der Waals surface area (Å²) in [5.74, 6) is 0. The minimum atomic E-state index is -0.540. The van der Waals surface area contributed by atoms with Gasteiger partial charge in [0, 0.05) is 19.1 Å². The summed E-state index contributed by atoms with van der Waals surface area (Å²) in [5.41, 5.74) is 5.45. The highest BCUT2D eigenvalue weighted by Crippen LogP contribution is 2.27. The summed E-state index contributed by atoms with van der Waals surface area (Å²) in [4.78, 5) is 2.58. The van der Waals surface area contributed by atoms with Gasteiger partial charge in [-0.2, -0.15) is 5.26 Å². The van der Waals surface area contributed by atoms with E-state index < -0.39 is 5.54 Å². The van der Waals surface area contributed by atoms with Crippen LogP contribution in [0.2, 0.25) is 0 Å². The van der Waals surface area contributed by atoms with Crippen LogP contribution in [0.15, 0.2) is 0 Å². The van der Waals surface area contributed by atoms with Gasteiger partial charge in [-0.3, -0.25) is 0 Å². The fraction of sp³-hybridized carbons (Fsp3) is 0.923. The van der Waals surface area contributed by atoms with E-state index in [0.29, 0.717) is 0 Å². The molecule has 2 N–H and O–H groups in total. The van der Waals surface area contributed by atoms with Crippen molar-refractivity contribution in [3.63, 3.8) is 0 Å². The molecule has 1 saturated heterocycles. The van der Waals surface area contributed by atoms with Crippen molar-refractivity contribution in [2.45, 2.75) is 62.9 Å². The second-order valence-corrected chi connectivity index (χ2v) is 5.45. The van der Waals surface area contributed by atoms with Gasteiger partial charge in [0.05, 0.1) is 6.07 Å². The average molecular weight is 221 g/mol. The zero-order valence-corrected chi connectivity index (χ0v) is 10.1. The third kappa shape index (κ3) is 2.75. The molecule has 0 aromatic carbocycles. The van der Waals surface area contributed by atoms with Crippen LogP contribution in [-0.4, -0.2) is 29.6 Å². The zero-order chi connectivity index (χ0) is 11.4. The van der Waals surface area contributed by atoms with Gasteiger partial charge < -0.3 is 10.6 Å². The van der Waals surface area contributed by atoms with Crippen molar-refractivity contribution in [2.75, 3.05) is 13.1 Å². The van der Waals surface area contributed by atoms with Crippen LogP contribution in [0.5, 0.6) is 0 Å². The number of nitrogens with two attached hydrogens (primary N) is 1. The Morgan fingerprint density at radius 3 is 2.12 bits per heavy atom. The third-order valence-electron chi connectivity index (χ3n) is 4.25. The molecule has 2 fully saturated rings. The Morgan fingerprint density at radius 1 is 1.06 bits per heavy atom. The molecule has 0 spiro atoms. The third-order valence-corrected chi connectivity index (χ3v) is 4.25. The van der Waals surface area contributed by atoms with Crippen molar-refractivity contribution in [3.05, 3.63) is 0 Å². The molecular weight excluding hydrogens is 198 g/mol. The Bertz CT molecular complexity index is 253. The average Bonchev–Trinajstić information content (AvgIpc) is 2.59. The molecule has 1 aliphatic heterocycles. The lowest BCUT2D eigenvalue weighted by atomic mass is 9.89. The van der Waals surface area contributed by atoms with E-state index in [1.807, 2.05) is 0 Å². The van der Waals surface area contributed by atoms with Gasteiger partial charge in [-0.25, -0.2) is 0 Å². The number of likely N-dealkylation sites (tertiary alicyclic amines) is 1. The van der Waals surface area contributed by atoms with Crippen molar-refractivity contribution in [1.82, 2.24) is 4.90 Å². The fourth-order valence-electron chi connectivity index (χ4n) is 3.02. The van der Waals surface area contributed by atoms with Crippen LogP contribution in [-0.2, 0) is 0 Å². The molecule has 3 heteroatoms. The molecule has 0 aromatic rings. The predicted octanol–water partition coefficient (Wildman–Crippen LogP) is 2.03. The quantitative estimate of drug-likeness (QED) is 0.689. The van der Waals surface area contributed by atoms with Crippen LogP contribution in [0.25, 0.3) is 0 Å². The van der Waals surface area contributed by atoms with Gasteiger partial charge in [-0.15, -0.1) is 0 Å². The van der Waals surface area contributed by atoms with Crippen LogP contribution < -0.4 is 5.73 Å². The highest BCUT2D eigenvalue weighted by atomic mass is 15.2. The molecule has 2 rings (SSSR count). The Morgan fingerprint density at radius 2 is 1.62 bits per heavy atom. The van der Waals surface area contributed by atoms with Crippen molar-refractivity contribution in [2.24, 2.45) is 5.73 Å². The van der Waals surface area contributed by atoms with Gasteiger partial charge in [0.1, 0.15) is 5.54 Å². The SMILES string of the molecule is N#CC1(N)CCN(C2CCCCCC2)CC1. The molecule has 0 aromatic heterocycles. The van der Waals surface area contributed by atoms with E-state index in [4.69, 9.17) is 11.0 Å². The molecule has 2 aliphatic rings. The molecular formula is C13H23N3. The van der Waals surface area contributed by atoms with Gasteiger partial charge in [0.15, 0.2) is 0 Å². The smallest absolute Gasteiger partial charge is 0.106 e. The lowest BCUT2D eigenvalue weighted by molar-refractivity contribution is 0.124. The van der Waals surface area contributed by atoms with Gasteiger partial charge in [0.25, 0.3) is 0 Å². The first-order valence-electron chi connectivity index (χ1n) is 6.68. The Hall–Kier alpha value is -0.590. The minimum absolute atomic E-state index is 0.540. The van der Waals surface area contributed by atoms with Gasteiger partial charge >= 0.3 is 0 Å².